The van der Waals surface area contributed by atoms with Crippen molar-refractivity contribution in [2.24, 2.45) is 0 Å². The first kappa shape index (κ1) is 12.0. The summed E-state index contributed by atoms with van der Waals surface area (Å²) in [6.45, 7) is 2.63. The topological polar surface area (TPSA) is 58.2 Å². The molecule has 0 aliphatic heterocycles. The molecule has 4 heteroatoms. The lowest BCUT2D eigenvalue weighted by molar-refractivity contribution is -0.129. The Hall–Kier alpha value is -1.06. The van der Waals surface area contributed by atoms with Crippen LogP contribution in [0.1, 0.15) is 45.4 Å². The lowest BCUT2D eigenvalue weighted by Crippen LogP contribution is -2.36. The predicted molar refractivity (Wildman–Crippen MR) is 58.3 cm³/mol. The van der Waals surface area contributed by atoms with Crippen molar-refractivity contribution < 1.29 is 9.59 Å². The molecule has 1 fully saturated rings. The third kappa shape index (κ3) is 4.81. The van der Waals surface area contributed by atoms with Crippen molar-refractivity contribution in [3.8, 4) is 0 Å². The van der Waals surface area contributed by atoms with Crippen LogP contribution in [-0.4, -0.2) is 24.4 Å². The second kappa shape index (κ2) is 6.43. The third-order valence-corrected chi connectivity index (χ3v) is 2.61. The molecule has 4 nitrogen and oxygen atoms in total. The Bertz CT molecular complexity index is 223. The standard InChI is InChI=1S/C11H20N2O2/c1-2-7-12-10(14)8-11(15)13-9-5-3-4-6-9/h9H,2-8H2,1H3,(H,12,14)(H,13,15). The molecule has 0 aromatic rings. The van der Waals surface area contributed by atoms with Gasteiger partial charge in [0.05, 0.1) is 0 Å². The van der Waals surface area contributed by atoms with E-state index in [9.17, 15) is 9.59 Å². The average Bonchev–Trinajstić information content (AvgIpc) is 2.67. The maximum atomic E-state index is 11.4. The first-order valence-electron chi connectivity index (χ1n) is 5.78. The molecule has 1 aliphatic carbocycles. The smallest absolute Gasteiger partial charge is 0.229 e. The highest BCUT2D eigenvalue weighted by molar-refractivity contribution is 5.96. The van der Waals surface area contributed by atoms with E-state index in [1.165, 1.54) is 12.8 Å². The monoisotopic (exact) mass is 212 g/mol. The summed E-state index contributed by atoms with van der Waals surface area (Å²) in [5.74, 6) is -0.317. The summed E-state index contributed by atoms with van der Waals surface area (Å²) in [4.78, 5) is 22.6. The van der Waals surface area contributed by atoms with E-state index in [1.807, 2.05) is 6.92 Å². The van der Waals surface area contributed by atoms with Crippen molar-refractivity contribution in [2.75, 3.05) is 6.54 Å². The Morgan fingerprint density at radius 3 is 2.47 bits per heavy atom. The van der Waals surface area contributed by atoms with Crippen molar-refractivity contribution in [1.29, 1.82) is 0 Å². The van der Waals surface area contributed by atoms with Gasteiger partial charge in [-0.1, -0.05) is 19.8 Å². The normalized spacial score (nSPS) is 16.3. The van der Waals surface area contributed by atoms with E-state index < -0.39 is 0 Å². The highest BCUT2D eigenvalue weighted by Gasteiger charge is 2.18. The number of carbonyl (C=O) groups is 2. The second-order valence-corrected chi connectivity index (χ2v) is 4.08. The van der Waals surface area contributed by atoms with Crippen molar-refractivity contribution in [1.82, 2.24) is 10.6 Å². The lowest BCUT2D eigenvalue weighted by Gasteiger charge is -2.11. The Morgan fingerprint density at radius 2 is 1.87 bits per heavy atom. The van der Waals surface area contributed by atoms with Crippen LogP contribution in [0, 0.1) is 0 Å². The zero-order valence-corrected chi connectivity index (χ0v) is 9.34. The van der Waals surface area contributed by atoms with Crippen LogP contribution >= 0.6 is 0 Å². The minimum atomic E-state index is -0.174. The number of carbonyl (C=O) groups excluding carboxylic acids is 2. The van der Waals surface area contributed by atoms with Crippen molar-refractivity contribution in [3.05, 3.63) is 0 Å². The van der Waals surface area contributed by atoms with Crippen LogP contribution in [0.2, 0.25) is 0 Å². The molecule has 0 atom stereocenters. The minimum absolute atomic E-state index is 0.0313. The zero-order chi connectivity index (χ0) is 11.1. The van der Waals surface area contributed by atoms with Gasteiger partial charge in [-0.3, -0.25) is 9.59 Å². The van der Waals surface area contributed by atoms with E-state index >= 15 is 0 Å². The largest absolute Gasteiger partial charge is 0.356 e. The predicted octanol–water partition coefficient (Wildman–Crippen LogP) is 0.961. The van der Waals surface area contributed by atoms with Crippen LogP contribution in [0.3, 0.4) is 0 Å². The van der Waals surface area contributed by atoms with E-state index in [0.717, 1.165) is 19.3 Å². The SMILES string of the molecule is CCCNC(=O)CC(=O)NC1CCCC1. The number of nitrogens with one attached hydrogen (secondary N) is 2. The van der Waals surface area contributed by atoms with E-state index in [-0.39, 0.29) is 18.2 Å². The molecule has 1 rings (SSSR count). The van der Waals surface area contributed by atoms with Gasteiger partial charge in [0, 0.05) is 12.6 Å². The molecule has 2 amide bonds. The maximum absolute atomic E-state index is 11.4. The van der Waals surface area contributed by atoms with Crippen LogP contribution in [0.15, 0.2) is 0 Å². The van der Waals surface area contributed by atoms with Gasteiger partial charge < -0.3 is 10.6 Å². The van der Waals surface area contributed by atoms with Gasteiger partial charge in [-0.2, -0.15) is 0 Å². The fourth-order valence-corrected chi connectivity index (χ4v) is 1.82. The molecule has 0 aromatic heterocycles. The summed E-state index contributed by atoms with van der Waals surface area (Å²) in [6.07, 6.45) is 5.36. The molecule has 0 heterocycles. The summed E-state index contributed by atoms with van der Waals surface area (Å²) < 4.78 is 0. The van der Waals surface area contributed by atoms with Gasteiger partial charge in [-0.25, -0.2) is 0 Å². The quantitative estimate of drug-likeness (QED) is 0.667. The summed E-state index contributed by atoms with van der Waals surface area (Å²) >= 11 is 0. The number of hydrogen-bond acceptors (Lipinski definition) is 2. The van der Waals surface area contributed by atoms with Gasteiger partial charge in [0.15, 0.2) is 0 Å². The zero-order valence-electron chi connectivity index (χ0n) is 9.34. The molecule has 1 aliphatic rings. The highest BCUT2D eigenvalue weighted by Crippen LogP contribution is 2.17. The Labute approximate surface area is 90.8 Å². The lowest BCUT2D eigenvalue weighted by atomic mass is 10.2. The van der Waals surface area contributed by atoms with E-state index in [1.54, 1.807) is 0 Å². The van der Waals surface area contributed by atoms with Crippen molar-refractivity contribution in [3.63, 3.8) is 0 Å². The molecule has 15 heavy (non-hydrogen) atoms. The van der Waals surface area contributed by atoms with Gasteiger partial charge in [-0.05, 0) is 19.3 Å². The Balaban J connectivity index is 2.14. The van der Waals surface area contributed by atoms with Crippen LogP contribution in [0.25, 0.3) is 0 Å². The minimum Gasteiger partial charge on any atom is -0.356 e. The number of rotatable bonds is 5. The van der Waals surface area contributed by atoms with Gasteiger partial charge in [-0.15, -0.1) is 0 Å². The molecule has 0 unspecified atom stereocenters. The van der Waals surface area contributed by atoms with Crippen molar-refractivity contribution >= 4 is 11.8 Å². The molecule has 0 radical (unpaired) electrons. The van der Waals surface area contributed by atoms with E-state index in [0.29, 0.717) is 12.6 Å². The fraction of sp³-hybridized carbons (Fsp3) is 0.818. The first-order chi connectivity index (χ1) is 7.22. The molecule has 0 aromatic carbocycles. The Morgan fingerprint density at radius 1 is 1.20 bits per heavy atom. The van der Waals surface area contributed by atoms with Crippen LogP contribution in [0.4, 0.5) is 0 Å². The van der Waals surface area contributed by atoms with Crippen LogP contribution in [-0.2, 0) is 9.59 Å². The summed E-state index contributed by atoms with van der Waals surface area (Å²) in [6, 6.07) is 0.302. The van der Waals surface area contributed by atoms with E-state index in [2.05, 4.69) is 10.6 Å². The highest BCUT2D eigenvalue weighted by atomic mass is 16.2. The summed E-state index contributed by atoms with van der Waals surface area (Å²) in [7, 11) is 0. The van der Waals surface area contributed by atoms with Crippen LogP contribution < -0.4 is 10.6 Å². The molecule has 0 saturated heterocycles. The maximum Gasteiger partial charge on any atom is 0.229 e. The number of hydrogen-bond donors (Lipinski definition) is 2. The molecular weight excluding hydrogens is 192 g/mol. The van der Waals surface area contributed by atoms with E-state index in [4.69, 9.17) is 0 Å². The van der Waals surface area contributed by atoms with Gasteiger partial charge in [0.25, 0.3) is 0 Å². The first-order valence-corrected chi connectivity index (χ1v) is 5.78. The third-order valence-electron chi connectivity index (χ3n) is 2.61. The molecular formula is C11H20N2O2. The van der Waals surface area contributed by atoms with Gasteiger partial charge in [0.2, 0.25) is 11.8 Å². The molecule has 2 N–H and O–H groups in total. The summed E-state index contributed by atoms with van der Waals surface area (Å²) in [5, 5.41) is 5.57. The molecule has 86 valence electrons. The van der Waals surface area contributed by atoms with Crippen LogP contribution in [0.5, 0.6) is 0 Å². The molecule has 0 spiro atoms. The van der Waals surface area contributed by atoms with Gasteiger partial charge in [0.1, 0.15) is 6.42 Å². The van der Waals surface area contributed by atoms with Gasteiger partial charge >= 0.3 is 0 Å². The average molecular weight is 212 g/mol. The van der Waals surface area contributed by atoms with Crippen molar-refractivity contribution in [2.45, 2.75) is 51.5 Å². The second-order valence-electron chi connectivity index (χ2n) is 4.08. The Kier molecular flexibility index (Phi) is 5.15. The summed E-state index contributed by atoms with van der Waals surface area (Å²) in [5.41, 5.74) is 0. The molecule has 1 saturated carbocycles. The number of amides is 2. The molecule has 0 bridgehead atoms. The fourth-order valence-electron chi connectivity index (χ4n) is 1.82.